The van der Waals surface area contributed by atoms with Crippen LogP contribution < -0.4 is 5.73 Å². The van der Waals surface area contributed by atoms with Gasteiger partial charge in [0.2, 0.25) is 0 Å². The number of halogens is 2. The van der Waals surface area contributed by atoms with Crippen molar-refractivity contribution in [1.29, 1.82) is 0 Å². The van der Waals surface area contributed by atoms with Gasteiger partial charge in [-0.15, -0.1) is 0 Å². The molecule has 0 radical (unpaired) electrons. The van der Waals surface area contributed by atoms with Crippen LogP contribution in [0, 0.1) is 5.92 Å². The van der Waals surface area contributed by atoms with E-state index in [4.69, 9.17) is 10.5 Å². The summed E-state index contributed by atoms with van der Waals surface area (Å²) in [5, 5.41) is 0. The standard InChI is InChI=1S/C11H18F2N2O/c12-11(13)2-4-15(5-3-11)10(7-14)9-1-6-16-8-9/h1,6,9-10H,2-5,7-8,14H2. The molecule has 2 unspecified atom stereocenters. The third kappa shape index (κ3) is 2.52. The second-order valence-corrected chi connectivity index (χ2v) is 4.52. The molecule has 0 saturated carbocycles. The summed E-state index contributed by atoms with van der Waals surface area (Å²) in [6, 6.07) is 0.134. The monoisotopic (exact) mass is 232 g/mol. The molecular weight excluding hydrogens is 214 g/mol. The van der Waals surface area contributed by atoms with Gasteiger partial charge in [0.05, 0.1) is 12.9 Å². The fraction of sp³-hybridized carbons (Fsp3) is 0.818. The summed E-state index contributed by atoms with van der Waals surface area (Å²) < 4.78 is 31.2. The lowest BCUT2D eigenvalue weighted by atomic mass is 9.96. The van der Waals surface area contributed by atoms with Crippen molar-refractivity contribution in [3.05, 3.63) is 12.3 Å². The molecule has 3 nitrogen and oxygen atoms in total. The first kappa shape index (κ1) is 11.8. The Balaban J connectivity index is 1.93. The van der Waals surface area contributed by atoms with Gasteiger partial charge < -0.3 is 10.5 Å². The van der Waals surface area contributed by atoms with Crippen molar-refractivity contribution in [2.75, 3.05) is 26.2 Å². The highest BCUT2D eigenvalue weighted by atomic mass is 19.3. The van der Waals surface area contributed by atoms with Gasteiger partial charge in [0, 0.05) is 44.4 Å². The topological polar surface area (TPSA) is 38.5 Å². The molecule has 2 aliphatic rings. The molecule has 1 fully saturated rings. The zero-order chi connectivity index (χ0) is 11.6. The van der Waals surface area contributed by atoms with Gasteiger partial charge in [0.15, 0.2) is 0 Å². The van der Waals surface area contributed by atoms with Crippen LogP contribution in [0.4, 0.5) is 8.78 Å². The Morgan fingerprint density at radius 3 is 2.62 bits per heavy atom. The van der Waals surface area contributed by atoms with Gasteiger partial charge in [0.25, 0.3) is 5.92 Å². The minimum atomic E-state index is -2.49. The summed E-state index contributed by atoms with van der Waals surface area (Å²) in [6.07, 6.45) is 3.54. The molecule has 0 bridgehead atoms. The molecule has 2 heterocycles. The lowest BCUT2D eigenvalue weighted by Gasteiger charge is -2.38. The Labute approximate surface area is 94.2 Å². The number of nitrogens with zero attached hydrogens (tertiary/aromatic N) is 1. The molecule has 0 aromatic carbocycles. The summed E-state index contributed by atoms with van der Waals surface area (Å²) in [7, 11) is 0. The predicted molar refractivity (Wildman–Crippen MR) is 57.2 cm³/mol. The van der Waals surface area contributed by atoms with E-state index < -0.39 is 5.92 Å². The molecule has 16 heavy (non-hydrogen) atoms. The quantitative estimate of drug-likeness (QED) is 0.794. The van der Waals surface area contributed by atoms with Gasteiger partial charge in [0.1, 0.15) is 0 Å². The van der Waals surface area contributed by atoms with Crippen LogP contribution in [-0.4, -0.2) is 43.1 Å². The largest absolute Gasteiger partial charge is 0.501 e. The number of likely N-dealkylation sites (tertiary alicyclic amines) is 1. The average molecular weight is 232 g/mol. The van der Waals surface area contributed by atoms with E-state index in [0.717, 1.165) is 0 Å². The van der Waals surface area contributed by atoms with Crippen molar-refractivity contribution in [3.8, 4) is 0 Å². The van der Waals surface area contributed by atoms with Gasteiger partial charge >= 0.3 is 0 Å². The smallest absolute Gasteiger partial charge is 0.250 e. The van der Waals surface area contributed by atoms with Gasteiger partial charge in [-0.2, -0.15) is 0 Å². The number of piperidine rings is 1. The Kier molecular flexibility index (Phi) is 3.44. The predicted octanol–water partition coefficient (Wildman–Crippen LogP) is 1.20. The molecule has 2 rings (SSSR count). The second-order valence-electron chi connectivity index (χ2n) is 4.52. The first-order chi connectivity index (χ1) is 7.62. The first-order valence-corrected chi connectivity index (χ1v) is 5.72. The number of rotatable bonds is 3. The fourth-order valence-corrected chi connectivity index (χ4v) is 2.40. The number of ether oxygens (including phenoxy) is 1. The van der Waals surface area contributed by atoms with Crippen LogP contribution in [0.5, 0.6) is 0 Å². The van der Waals surface area contributed by atoms with E-state index >= 15 is 0 Å². The lowest BCUT2D eigenvalue weighted by molar-refractivity contribution is -0.0661. The van der Waals surface area contributed by atoms with Crippen molar-refractivity contribution < 1.29 is 13.5 Å². The highest BCUT2D eigenvalue weighted by Crippen LogP contribution is 2.30. The molecule has 92 valence electrons. The Morgan fingerprint density at radius 1 is 1.44 bits per heavy atom. The van der Waals surface area contributed by atoms with Gasteiger partial charge in [-0.1, -0.05) is 0 Å². The average Bonchev–Trinajstić information content (AvgIpc) is 2.75. The number of hydrogen-bond acceptors (Lipinski definition) is 3. The van der Waals surface area contributed by atoms with Crippen molar-refractivity contribution in [2.24, 2.45) is 11.7 Å². The molecule has 0 aliphatic carbocycles. The zero-order valence-corrected chi connectivity index (χ0v) is 9.24. The maximum Gasteiger partial charge on any atom is 0.250 e. The van der Waals surface area contributed by atoms with Crippen molar-refractivity contribution in [1.82, 2.24) is 4.90 Å². The van der Waals surface area contributed by atoms with Crippen LogP contribution in [0.2, 0.25) is 0 Å². The number of alkyl halides is 2. The zero-order valence-electron chi connectivity index (χ0n) is 9.24. The Morgan fingerprint density at radius 2 is 2.12 bits per heavy atom. The normalized spacial score (nSPS) is 31.3. The van der Waals surface area contributed by atoms with Crippen LogP contribution in [0.15, 0.2) is 12.3 Å². The summed E-state index contributed by atoms with van der Waals surface area (Å²) >= 11 is 0. The molecular formula is C11H18F2N2O. The summed E-state index contributed by atoms with van der Waals surface area (Å²) in [6.45, 7) is 1.97. The summed E-state index contributed by atoms with van der Waals surface area (Å²) in [5.41, 5.74) is 5.73. The molecule has 1 saturated heterocycles. The van der Waals surface area contributed by atoms with E-state index in [2.05, 4.69) is 4.90 Å². The van der Waals surface area contributed by atoms with E-state index in [1.165, 1.54) is 0 Å². The van der Waals surface area contributed by atoms with Crippen molar-refractivity contribution >= 4 is 0 Å². The molecule has 0 spiro atoms. The van der Waals surface area contributed by atoms with Crippen LogP contribution in [0.25, 0.3) is 0 Å². The summed E-state index contributed by atoms with van der Waals surface area (Å²) in [4.78, 5) is 2.07. The minimum Gasteiger partial charge on any atom is -0.501 e. The van der Waals surface area contributed by atoms with Crippen molar-refractivity contribution in [3.63, 3.8) is 0 Å². The molecule has 5 heteroatoms. The molecule has 0 aromatic rings. The van der Waals surface area contributed by atoms with Crippen LogP contribution in [-0.2, 0) is 4.74 Å². The number of hydrogen-bond donors (Lipinski definition) is 1. The fourth-order valence-electron chi connectivity index (χ4n) is 2.40. The molecule has 2 N–H and O–H groups in total. The highest BCUT2D eigenvalue weighted by molar-refractivity contribution is 4.98. The maximum atomic E-state index is 13.0. The van der Waals surface area contributed by atoms with E-state index in [9.17, 15) is 8.78 Å². The van der Waals surface area contributed by atoms with E-state index in [1.54, 1.807) is 6.26 Å². The Hall–Kier alpha value is -0.680. The second kappa shape index (κ2) is 4.67. The van der Waals surface area contributed by atoms with Gasteiger partial charge in [-0.05, 0) is 6.08 Å². The maximum absolute atomic E-state index is 13.0. The van der Waals surface area contributed by atoms with E-state index in [1.807, 2.05) is 6.08 Å². The SMILES string of the molecule is NCC(C1C=COC1)N1CCC(F)(F)CC1. The van der Waals surface area contributed by atoms with E-state index in [-0.39, 0.29) is 24.8 Å². The lowest BCUT2D eigenvalue weighted by Crippen LogP contribution is -2.51. The van der Waals surface area contributed by atoms with Crippen LogP contribution in [0.3, 0.4) is 0 Å². The Bertz CT molecular complexity index is 261. The minimum absolute atomic E-state index is 0.0548. The first-order valence-electron chi connectivity index (χ1n) is 5.72. The van der Waals surface area contributed by atoms with E-state index in [0.29, 0.717) is 26.2 Å². The molecule has 0 aromatic heterocycles. The summed E-state index contributed by atoms with van der Waals surface area (Å²) in [5.74, 6) is -2.24. The van der Waals surface area contributed by atoms with Crippen LogP contribution in [0.1, 0.15) is 12.8 Å². The molecule has 2 atom stereocenters. The molecule has 0 amide bonds. The highest BCUT2D eigenvalue weighted by Gasteiger charge is 2.37. The van der Waals surface area contributed by atoms with Gasteiger partial charge in [-0.25, -0.2) is 8.78 Å². The van der Waals surface area contributed by atoms with Crippen LogP contribution >= 0.6 is 0 Å². The third-order valence-electron chi connectivity index (χ3n) is 3.44. The third-order valence-corrected chi connectivity index (χ3v) is 3.44. The van der Waals surface area contributed by atoms with Crippen molar-refractivity contribution in [2.45, 2.75) is 24.8 Å². The van der Waals surface area contributed by atoms with Gasteiger partial charge in [-0.3, -0.25) is 4.90 Å². The molecule has 2 aliphatic heterocycles. The number of nitrogens with two attached hydrogens (primary N) is 1.